The molecule has 1 aromatic rings. The van der Waals surface area contributed by atoms with Crippen LogP contribution in [0.2, 0.25) is 0 Å². The molecule has 18 heavy (non-hydrogen) atoms. The second-order valence-electron chi connectivity index (χ2n) is 4.55. The van der Waals surface area contributed by atoms with Gasteiger partial charge in [-0.15, -0.1) is 0 Å². The minimum Gasteiger partial charge on any atom is -0.409 e. The maximum atomic E-state index is 8.54. The van der Waals surface area contributed by atoms with Crippen LogP contribution in [-0.2, 0) is 0 Å². The Morgan fingerprint density at radius 1 is 1.44 bits per heavy atom. The summed E-state index contributed by atoms with van der Waals surface area (Å²) in [5.41, 5.74) is 6.72. The number of oxime groups is 1. The maximum Gasteiger partial charge on any atom is 0.153 e. The van der Waals surface area contributed by atoms with Gasteiger partial charge in [0.2, 0.25) is 0 Å². The zero-order valence-corrected chi connectivity index (χ0v) is 10.6. The fraction of sp³-hybridized carbons (Fsp3) is 0.500. The largest absolute Gasteiger partial charge is 0.409 e. The van der Waals surface area contributed by atoms with Crippen molar-refractivity contribution in [1.29, 1.82) is 0 Å². The normalized spacial score (nSPS) is 18.1. The van der Waals surface area contributed by atoms with Gasteiger partial charge in [-0.3, -0.25) is 4.90 Å². The molecule has 0 unspecified atom stereocenters. The summed E-state index contributed by atoms with van der Waals surface area (Å²) >= 11 is 0. The van der Waals surface area contributed by atoms with E-state index in [1.54, 1.807) is 0 Å². The van der Waals surface area contributed by atoms with Crippen molar-refractivity contribution in [3.8, 4) is 0 Å². The van der Waals surface area contributed by atoms with Crippen LogP contribution in [0.5, 0.6) is 0 Å². The molecule has 6 heteroatoms. The summed E-state index contributed by atoms with van der Waals surface area (Å²) in [5.74, 6) is 1.29. The van der Waals surface area contributed by atoms with Gasteiger partial charge < -0.3 is 15.8 Å². The van der Waals surface area contributed by atoms with Gasteiger partial charge in [0.15, 0.2) is 5.84 Å². The SMILES string of the molecule is Cc1ccnc(N2CCN(CC(N)=NO)CC2)c1. The molecule has 0 aromatic carbocycles. The molecule has 3 N–H and O–H groups in total. The fourth-order valence-electron chi connectivity index (χ4n) is 2.09. The van der Waals surface area contributed by atoms with E-state index in [1.807, 2.05) is 12.3 Å². The Labute approximate surface area is 107 Å². The number of rotatable bonds is 3. The molecule has 0 aliphatic carbocycles. The molecule has 0 amide bonds. The first-order valence-electron chi connectivity index (χ1n) is 6.05. The van der Waals surface area contributed by atoms with Gasteiger partial charge in [-0.2, -0.15) is 0 Å². The van der Waals surface area contributed by atoms with E-state index in [4.69, 9.17) is 10.9 Å². The third-order valence-corrected chi connectivity index (χ3v) is 3.11. The van der Waals surface area contributed by atoms with Crippen LogP contribution in [0.4, 0.5) is 5.82 Å². The first-order chi connectivity index (χ1) is 8.69. The van der Waals surface area contributed by atoms with Gasteiger partial charge in [-0.05, 0) is 24.6 Å². The Balaban J connectivity index is 1.90. The number of nitrogens with two attached hydrogens (primary N) is 1. The lowest BCUT2D eigenvalue weighted by Crippen LogP contribution is -2.49. The van der Waals surface area contributed by atoms with Crippen LogP contribution in [0.15, 0.2) is 23.5 Å². The van der Waals surface area contributed by atoms with Crippen molar-refractivity contribution in [2.24, 2.45) is 10.9 Å². The molecule has 2 heterocycles. The van der Waals surface area contributed by atoms with Crippen molar-refractivity contribution < 1.29 is 5.21 Å². The smallest absolute Gasteiger partial charge is 0.153 e. The van der Waals surface area contributed by atoms with E-state index in [9.17, 15) is 0 Å². The van der Waals surface area contributed by atoms with Crippen LogP contribution in [-0.4, -0.2) is 53.7 Å². The van der Waals surface area contributed by atoms with Gasteiger partial charge in [-0.25, -0.2) is 4.98 Å². The van der Waals surface area contributed by atoms with Crippen molar-refractivity contribution in [2.75, 3.05) is 37.6 Å². The van der Waals surface area contributed by atoms with Crippen LogP contribution in [0.3, 0.4) is 0 Å². The molecule has 98 valence electrons. The lowest BCUT2D eigenvalue weighted by molar-refractivity contribution is 0.278. The number of aromatic nitrogens is 1. The predicted octanol–water partition coefficient (Wildman–Crippen LogP) is 0.258. The van der Waals surface area contributed by atoms with Crippen molar-refractivity contribution in [3.05, 3.63) is 23.9 Å². The molecule has 0 spiro atoms. The minimum atomic E-state index is 0.261. The van der Waals surface area contributed by atoms with Gasteiger partial charge >= 0.3 is 0 Å². The number of piperazine rings is 1. The first kappa shape index (κ1) is 12.6. The molecule has 0 atom stereocenters. The van der Waals surface area contributed by atoms with Crippen LogP contribution in [0.25, 0.3) is 0 Å². The molecule has 1 saturated heterocycles. The zero-order chi connectivity index (χ0) is 13.0. The van der Waals surface area contributed by atoms with Gasteiger partial charge in [-0.1, -0.05) is 5.16 Å². The Bertz CT molecular complexity index is 426. The Hall–Kier alpha value is -1.82. The lowest BCUT2D eigenvalue weighted by Gasteiger charge is -2.35. The van der Waals surface area contributed by atoms with E-state index in [-0.39, 0.29) is 5.84 Å². The van der Waals surface area contributed by atoms with Crippen molar-refractivity contribution >= 4 is 11.7 Å². The topological polar surface area (TPSA) is 78.0 Å². The highest BCUT2D eigenvalue weighted by Crippen LogP contribution is 2.14. The van der Waals surface area contributed by atoms with Gasteiger partial charge in [0.05, 0.1) is 6.54 Å². The van der Waals surface area contributed by atoms with Crippen LogP contribution < -0.4 is 10.6 Å². The minimum absolute atomic E-state index is 0.261. The fourth-order valence-corrected chi connectivity index (χ4v) is 2.09. The monoisotopic (exact) mass is 249 g/mol. The summed E-state index contributed by atoms with van der Waals surface area (Å²) in [6.45, 7) is 6.20. The highest BCUT2D eigenvalue weighted by Gasteiger charge is 2.18. The second kappa shape index (κ2) is 5.68. The number of aryl methyl sites for hydroxylation is 1. The average molecular weight is 249 g/mol. The molecule has 0 bridgehead atoms. The quantitative estimate of drug-likeness (QED) is 0.348. The van der Waals surface area contributed by atoms with Crippen LogP contribution in [0.1, 0.15) is 5.56 Å². The molecule has 1 aliphatic heterocycles. The van der Waals surface area contributed by atoms with Crippen molar-refractivity contribution in [2.45, 2.75) is 6.92 Å². The molecule has 1 aliphatic rings. The van der Waals surface area contributed by atoms with Crippen LogP contribution in [0, 0.1) is 6.92 Å². The molecule has 1 aromatic heterocycles. The molecule has 0 radical (unpaired) electrons. The summed E-state index contributed by atoms with van der Waals surface area (Å²) < 4.78 is 0. The number of hydrogen-bond acceptors (Lipinski definition) is 5. The number of amidine groups is 1. The molecule has 6 nitrogen and oxygen atoms in total. The van der Waals surface area contributed by atoms with E-state index in [1.165, 1.54) is 5.56 Å². The van der Waals surface area contributed by atoms with Gasteiger partial charge in [0.25, 0.3) is 0 Å². The molecule has 2 rings (SSSR count). The number of hydrogen-bond donors (Lipinski definition) is 2. The molecule has 1 fully saturated rings. The predicted molar refractivity (Wildman–Crippen MR) is 71.0 cm³/mol. The molecular formula is C12H19N5O. The van der Waals surface area contributed by atoms with Crippen molar-refractivity contribution in [3.63, 3.8) is 0 Å². The van der Waals surface area contributed by atoms with Gasteiger partial charge in [0, 0.05) is 32.4 Å². The van der Waals surface area contributed by atoms with Crippen molar-refractivity contribution in [1.82, 2.24) is 9.88 Å². The third-order valence-electron chi connectivity index (χ3n) is 3.11. The van der Waals surface area contributed by atoms with Crippen LogP contribution >= 0.6 is 0 Å². The summed E-state index contributed by atoms with van der Waals surface area (Å²) in [5, 5.41) is 11.5. The maximum absolute atomic E-state index is 8.54. The third kappa shape index (κ3) is 3.10. The summed E-state index contributed by atoms with van der Waals surface area (Å²) in [4.78, 5) is 8.81. The number of nitrogens with zero attached hydrogens (tertiary/aromatic N) is 4. The first-order valence-corrected chi connectivity index (χ1v) is 6.05. The average Bonchev–Trinajstić information content (AvgIpc) is 2.39. The lowest BCUT2D eigenvalue weighted by atomic mass is 10.2. The highest BCUT2D eigenvalue weighted by molar-refractivity contribution is 5.81. The van der Waals surface area contributed by atoms with E-state index >= 15 is 0 Å². The van der Waals surface area contributed by atoms with E-state index in [0.29, 0.717) is 6.54 Å². The van der Waals surface area contributed by atoms with E-state index in [0.717, 1.165) is 32.0 Å². The van der Waals surface area contributed by atoms with Gasteiger partial charge in [0.1, 0.15) is 5.82 Å². The number of anilines is 1. The highest BCUT2D eigenvalue weighted by atomic mass is 16.4. The summed E-state index contributed by atoms with van der Waals surface area (Å²) in [7, 11) is 0. The van der Waals surface area contributed by atoms with E-state index < -0.39 is 0 Å². The standard InChI is InChI=1S/C12H19N5O/c1-10-2-3-14-12(8-10)17-6-4-16(5-7-17)9-11(13)15-18/h2-3,8,18H,4-7,9H2,1H3,(H2,13,15). The Morgan fingerprint density at radius 2 is 2.17 bits per heavy atom. The second-order valence-corrected chi connectivity index (χ2v) is 4.55. The Kier molecular flexibility index (Phi) is 3.99. The Morgan fingerprint density at radius 3 is 2.78 bits per heavy atom. The number of pyridine rings is 1. The summed E-state index contributed by atoms with van der Waals surface area (Å²) in [6.07, 6.45) is 1.84. The molecular weight excluding hydrogens is 230 g/mol. The van der Waals surface area contributed by atoms with E-state index in [2.05, 4.69) is 32.9 Å². The molecule has 0 saturated carbocycles. The zero-order valence-electron chi connectivity index (χ0n) is 10.6. The summed E-state index contributed by atoms with van der Waals surface area (Å²) in [6, 6.07) is 4.09.